The van der Waals surface area contributed by atoms with Crippen LogP contribution in [-0.4, -0.2) is 4.98 Å². The van der Waals surface area contributed by atoms with E-state index in [0.717, 1.165) is 0 Å². The minimum atomic E-state index is -2.48. The second-order valence-electron chi connectivity index (χ2n) is 1.95. The van der Waals surface area contributed by atoms with Crippen LogP contribution in [0.1, 0.15) is 12.0 Å². The molecule has 0 aromatic carbocycles. The molecule has 0 spiro atoms. The number of nitrogen functional groups attached to an aromatic ring is 1. The topological polar surface area (TPSA) is 38.9 Å². The molecule has 1 aromatic heterocycles. The largest absolute Gasteiger partial charge is 0.384 e. The minimum absolute atomic E-state index is 0.0816. The molecule has 1 rings (SSSR count). The van der Waals surface area contributed by atoms with Crippen molar-refractivity contribution >= 4 is 28.4 Å². The van der Waals surface area contributed by atoms with E-state index in [-0.39, 0.29) is 11.4 Å². The number of rotatable bonds is 1. The van der Waals surface area contributed by atoms with Gasteiger partial charge >= 0.3 is 0 Å². The Morgan fingerprint density at radius 1 is 1.45 bits per heavy atom. The first-order valence-electron chi connectivity index (χ1n) is 2.80. The van der Waals surface area contributed by atoms with Crippen molar-refractivity contribution in [3.05, 3.63) is 21.4 Å². The van der Waals surface area contributed by atoms with Gasteiger partial charge in [-0.05, 0) is 34.7 Å². The predicted molar refractivity (Wildman–Crippen MR) is 46.3 cm³/mol. The zero-order valence-corrected chi connectivity index (χ0v) is 7.55. The fourth-order valence-electron chi connectivity index (χ4n) is 0.664. The van der Waals surface area contributed by atoms with Gasteiger partial charge in [-0.2, -0.15) is 0 Å². The number of nitrogens with zero attached hydrogens (tertiary/aromatic N) is 1. The fourth-order valence-corrected chi connectivity index (χ4v) is 1.30. The second-order valence-corrected chi connectivity index (χ2v) is 3.05. The maximum atomic E-state index is 12.0. The fraction of sp³-hybridized carbons (Fsp3) is 0.167. The average Bonchev–Trinajstić information content (AvgIpc) is 1.85. The molecule has 0 unspecified atom stereocenters. The lowest BCUT2D eigenvalue weighted by Gasteiger charge is -2.00. The van der Waals surface area contributed by atoms with Crippen molar-refractivity contribution in [3.8, 4) is 0 Å². The van der Waals surface area contributed by atoms with E-state index in [0.29, 0.717) is 3.70 Å². The lowest BCUT2D eigenvalue weighted by atomic mass is 10.3. The number of halogens is 3. The van der Waals surface area contributed by atoms with Gasteiger partial charge in [-0.25, -0.2) is 13.8 Å². The van der Waals surface area contributed by atoms with E-state index in [1.54, 1.807) is 0 Å². The highest BCUT2D eigenvalue weighted by Gasteiger charge is 2.08. The summed E-state index contributed by atoms with van der Waals surface area (Å²) in [5.74, 6) is 0.132. The van der Waals surface area contributed by atoms with Crippen molar-refractivity contribution in [1.82, 2.24) is 4.98 Å². The zero-order valence-electron chi connectivity index (χ0n) is 5.39. The number of aromatic nitrogens is 1. The Labute approximate surface area is 75.9 Å². The highest BCUT2D eigenvalue weighted by atomic mass is 127. The van der Waals surface area contributed by atoms with Gasteiger partial charge in [-0.3, -0.25) is 0 Å². The Kier molecular flexibility index (Phi) is 2.58. The molecule has 0 aliphatic carbocycles. The van der Waals surface area contributed by atoms with Crippen LogP contribution in [0.25, 0.3) is 0 Å². The molecule has 0 fully saturated rings. The molecule has 2 nitrogen and oxygen atoms in total. The monoisotopic (exact) mass is 270 g/mol. The molecule has 11 heavy (non-hydrogen) atoms. The normalized spacial score (nSPS) is 10.5. The lowest BCUT2D eigenvalue weighted by Crippen LogP contribution is -1.95. The summed E-state index contributed by atoms with van der Waals surface area (Å²) in [5.41, 5.74) is 5.17. The Balaban J connectivity index is 3.08. The van der Waals surface area contributed by atoms with Crippen LogP contribution < -0.4 is 5.73 Å². The number of hydrogen-bond acceptors (Lipinski definition) is 2. The zero-order chi connectivity index (χ0) is 8.43. The molecular weight excluding hydrogens is 265 g/mol. The van der Waals surface area contributed by atoms with Crippen molar-refractivity contribution in [2.24, 2.45) is 0 Å². The Hall–Kier alpha value is -0.460. The van der Waals surface area contributed by atoms with Gasteiger partial charge in [-0.1, -0.05) is 0 Å². The number of nitrogens with two attached hydrogens (primary N) is 1. The first-order valence-corrected chi connectivity index (χ1v) is 3.88. The Morgan fingerprint density at radius 2 is 2.09 bits per heavy atom. The molecule has 1 heterocycles. The highest BCUT2D eigenvalue weighted by Crippen LogP contribution is 2.21. The van der Waals surface area contributed by atoms with Crippen molar-refractivity contribution in [2.75, 3.05) is 5.73 Å². The smallest absolute Gasteiger partial charge is 0.264 e. The minimum Gasteiger partial charge on any atom is -0.384 e. The molecule has 0 aliphatic rings. The quantitative estimate of drug-likeness (QED) is 0.627. The first kappa shape index (κ1) is 8.63. The third kappa shape index (κ3) is 2.25. The van der Waals surface area contributed by atoms with E-state index in [1.807, 2.05) is 22.6 Å². The van der Waals surface area contributed by atoms with Crippen LogP contribution in [0.3, 0.4) is 0 Å². The van der Waals surface area contributed by atoms with Gasteiger partial charge in [0, 0.05) is 5.56 Å². The van der Waals surface area contributed by atoms with Crippen LogP contribution in [-0.2, 0) is 0 Å². The highest BCUT2D eigenvalue weighted by molar-refractivity contribution is 14.1. The maximum absolute atomic E-state index is 12.0. The second kappa shape index (κ2) is 3.29. The van der Waals surface area contributed by atoms with Gasteiger partial charge in [0.1, 0.15) is 9.52 Å². The molecule has 0 amide bonds. The van der Waals surface area contributed by atoms with Crippen LogP contribution in [0.5, 0.6) is 0 Å². The predicted octanol–water partition coefficient (Wildman–Crippen LogP) is 2.21. The molecule has 1 aromatic rings. The molecule has 0 saturated heterocycles. The maximum Gasteiger partial charge on any atom is 0.264 e. The summed E-state index contributed by atoms with van der Waals surface area (Å²) in [6.07, 6.45) is -2.48. The molecule has 0 atom stereocenters. The lowest BCUT2D eigenvalue weighted by molar-refractivity contribution is 0.151. The van der Waals surface area contributed by atoms with E-state index < -0.39 is 6.43 Å². The van der Waals surface area contributed by atoms with Crippen molar-refractivity contribution in [3.63, 3.8) is 0 Å². The molecule has 0 bridgehead atoms. The van der Waals surface area contributed by atoms with Gasteiger partial charge in [0.05, 0.1) is 0 Å². The van der Waals surface area contributed by atoms with Gasteiger partial charge in [0.25, 0.3) is 6.43 Å². The van der Waals surface area contributed by atoms with Crippen molar-refractivity contribution in [1.29, 1.82) is 0 Å². The molecule has 0 saturated carbocycles. The molecule has 2 N–H and O–H groups in total. The first-order chi connectivity index (χ1) is 5.09. The van der Waals surface area contributed by atoms with Gasteiger partial charge < -0.3 is 5.73 Å². The number of hydrogen-bond donors (Lipinski definition) is 1. The summed E-state index contributed by atoms with van der Waals surface area (Å²) in [6.45, 7) is 0. The molecular formula is C6H5F2IN2. The van der Waals surface area contributed by atoms with E-state index in [4.69, 9.17) is 5.73 Å². The number of pyridine rings is 1. The summed E-state index contributed by atoms with van der Waals surface area (Å²) in [4.78, 5) is 3.75. The van der Waals surface area contributed by atoms with E-state index >= 15 is 0 Å². The molecule has 0 aliphatic heterocycles. The van der Waals surface area contributed by atoms with E-state index in [1.165, 1.54) is 12.1 Å². The standard InChI is InChI=1S/C6H5F2IN2/c7-6(8)3-1-4(9)11-5(10)2-3/h1-2,6H,(H2,10,11). The van der Waals surface area contributed by atoms with Crippen LogP contribution in [0, 0.1) is 3.70 Å². The summed E-state index contributed by atoms with van der Waals surface area (Å²) < 4.78 is 24.6. The van der Waals surface area contributed by atoms with Crippen molar-refractivity contribution < 1.29 is 8.78 Å². The number of alkyl halides is 2. The van der Waals surface area contributed by atoms with Crippen LogP contribution in [0.4, 0.5) is 14.6 Å². The SMILES string of the molecule is Nc1cc(C(F)F)cc(I)n1. The molecule has 5 heteroatoms. The summed E-state index contributed by atoms with van der Waals surface area (Å²) in [6, 6.07) is 2.48. The van der Waals surface area contributed by atoms with Crippen LogP contribution in [0.2, 0.25) is 0 Å². The van der Waals surface area contributed by atoms with Gasteiger partial charge in [0.15, 0.2) is 0 Å². The van der Waals surface area contributed by atoms with Gasteiger partial charge in [-0.15, -0.1) is 0 Å². The summed E-state index contributed by atoms with van der Waals surface area (Å²) >= 11 is 1.84. The van der Waals surface area contributed by atoms with E-state index in [2.05, 4.69) is 4.98 Å². The number of anilines is 1. The van der Waals surface area contributed by atoms with Crippen LogP contribution in [0.15, 0.2) is 12.1 Å². The van der Waals surface area contributed by atoms with E-state index in [9.17, 15) is 8.78 Å². The Morgan fingerprint density at radius 3 is 2.55 bits per heavy atom. The average molecular weight is 270 g/mol. The van der Waals surface area contributed by atoms with Crippen molar-refractivity contribution in [2.45, 2.75) is 6.43 Å². The third-order valence-electron chi connectivity index (χ3n) is 1.09. The van der Waals surface area contributed by atoms with Crippen LogP contribution >= 0.6 is 22.6 Å². The molecule has 0 radical (unpaired) electrons. The van der Waals surface area contributed by atoms with Gasteiger partial charge in [0.2, 0.25) is 0 Å². The molecule has 60 valence electrons. The summed E-state index contributed by atoms with van der Waals surface area (Å²) in [7, 11) is 0. The third-order valence-corrected chi connectivity index (χ3v) is 1.64. The Bertz CT molecular complexity index is 245. The summed E-state index contributed by atoms with van der Waals surface area (Å²) in [5, 5.41) is 0.